The highest BCUT2D eigenvalue weighted by atomic mass is 16.1. The normalized spacial score (nSPS) is 40.1. The summed E-state index contributed by atoms with van der Waals surface area (Å²) in [5.74, 6) is -1.56. The minimum absolute atomic E-state index is 0.908. The van der Waals surface area contributed by atoms with Gasteiger partial charge < -0.3 is 10.2 Å². The Hall–Kier alpha value is -1.35. The maximum absolute atomic E-state index is 12.3. The van der Waals surface area contributed by atoms with E-state index >= 15 is 0 Å². The van der Waals surface area contributed by atoms with Gasteiger partial charge in [-0.2, -0.15) is 0 Å². The van der Waals surface area contributed by atoms with E-state index in [0.717, 1.165) is 0 Å². The van der Waals surface area contributed by atoms with Crippen molar-refractivity contribution in [3.8, 4) is 0 Å². The molecule has 1 aromatic rings. The molecular weight excluding hydrogens is 236 g/mol. The Morgan fingerprint density at radius 1 is 1.42 bits per heavy atom. The van der Waals surface area contributed by atoms with E-state index in [4.69, 9.17) is 31.5 Å². The van der Waals surface area contributed by atoms with E-state index in [0.29, 0.717) is 0 Å². The zero-order chi connectivity index (χ0) is 33.8. The Bertz CT molecular complexity index is 1240. The summed E-state index contributed by atoms with van der Waals surface area (Å²) in [5.41, 5.74) is -3.74. The highest BCUT2D eigenvalue weighted by Gasteiger charge is 2.20. The number of hydrogen-bond donors (Lipinski definition) is 1. The number of fused-ring (bicyclic) bond motifs is 1. The van der Waals surface area contributed by atoms with Gasteiger partial charge in [0.2, 0.25) is 5.91 Å². The largest absolute Gasteiger partial charge is 0.326 e. The molecule has 0 fully saturated rings. The summed E-state index contributed by atoms with van der Waals surface area (Å²) in [6.07, 6.45) is -16.4. The molecule has 0 unspecified atom stereocenters. The van der Waals surface area contributed by atoms with Gasteiger partial charge in [-0.1, -0.05) is 25.8 Å². The summed E-state index contributed by atoms with van der Waals surface area (Å²) < 4.78 is 184. The molecule has 0 atom stereocenters. The Labute approximate surface area is 148 Å². The summed E-state index contributed by atoms with van der Waals surface area (Å²) in [5, 5.41) is 1.84. The SMILES string of the molecule is [2H]c1c([2H])c2c(c(C([2H])([2H])C([2H])([2H])N(C([2H])([2H])C([2H])([2H])C([2H])([2H])[2H])C([2H])([2H])C([2H])([2H])C([2H])([2H])[2H])c1[2H])C([2H])([2H])C(=O)N2. The first-order chi connectivity index (χ1) is 18.1. The molecule has 0 bridgehead atoms. The van der Waals surface area contributed by atoms with Crippen molar-refractivity contribution >= 4 is 11.6 Å². The van der Waals surface area contributed by atoms with E-state index in [9.17, 15) is 4.79 Å². The maximum Gasteiger partial charge on any atom is 0.228 e. The van der Waals surface area contributed by atoms with Crippen LogP contribution in [0.3, 0.4) is 0 Å². The molecule has 3 heteroatoms. The number of benzene rings is 1. The molecule has 3 nitrogen and oxygen atoms in total. The predicted octanol–water partition coefficient (Wildman–Crippen LogP) is 2.85. The van der Waals surface area contributed by atoms with Crippen LogP contribution in [0.2, 0.25) is 0 Å². The predicted molar refractivity (Wildman–Crippen MR) is 79.5 cm³/mol. The van der Waals surface area contributed by atoms with Gasteiger partial charge in [0.25, 0.3) is 0 Å². The van der Waals surface area contributed by atoms with Gasteiger partial charge in [0, 0.05) is 39.6 Å². The van der Waals surface area contributed by atoms with Gasteiger partial charge in [-0.25, -0.2) is 0 Å². The fraction of sp³-hybridized carbons (Fsp3) is 0.562. The van der Waals surface area contributed by atoms with Crippen molar-refractivity contribution in [2.75, 3.05) is 24.8 Å². The molecule has 1 amide bonds. The second-order valence-electron chi connectivity index (χ2n) is 3.12. The zero-order valence-corrected chi connectivity index (χ0v) is 9.36. The quantitative estimate of drug-likeness (QED) is 0.834. The standard InChI is InChI=1S/C16H24N2O/c1-3-9-18(10-4-2)11-8-13-6-5-7-15-14(13)12-16(19)17-15/h5-7H,3-4,8-12H2,1-2H3,(H,17,19)/i1D3,2D3,3D2,4D2,5D,6D,7D,8D2,9D2,10D2,11D2,12D2. The smallest absolute Gasteiger partial charge is 0.228 e. The molecule has 0 saturated heterocycles. The molecule has 1 aromatic carbocycles. The number of amides is 1. The summed E-state index contributed by atoms with van der Waals surface area (Å²) in [4.78, 5) is 11.1. The van der Waals surface area contributed by atoms with Crippen LogP contribution < -0.4 is 5.32 Å². The monoisotopic (exact) mass is 283 g/mol. The second-order valence-corrected chi connectivity index (χ2v) is 3.12. The van der Waals surface area contributed by atoms with Crippen molar-refractivity contribution in [2.24, 2.45) is 0 Å². The van der Waals surface area contributed by atoms with E-state index in [1.807, 2.05) is 5.32 Å². The van der Waals surface area contributed by atoms with Crippen molar-refractivity contribution in [3.05, 3.63) is 29.3 Å². The van der Waals surface area contributed by atoms with E-state index < -0.39 is 104 Å². The molecule has 0 spiro atoms. The highest BCUT2D eigenvalue weighted by Crippen LogP contribution is 2.26. The van der Waals surface area contributed by atoms with Crippen molar-refractivity contribution in [1.29, 1.82) is 0 Å². The number of hydrogen-bond acceptors (Lipinski definition) is 2. The van der Waals surface area contributed by atoms with Crippen LogP contribution >= 0.6 is 0 Å². The summed E-state index contributed by atoms with van der Waals surface area (Å²) in [6.45, 7) is -22.2. The average molecular weight is 284 g/mol. The maximum atomic E-state index is 12.3. The van der Waals surface area contributed by atoms with E-state index in [1.54, 1.807) is 0 Å². The number of carbonyl (C=O) groups excluding carboxylic acids is 1. The van der Waals surface area contributed by atoms with Gasteiger partial charge in [-0.3, -0.25) is 4.79 Å². The number of carbonyl (C=O) groups is 1. The third-order valence-corrected chi connectivity index (χ3v) is 1.98. The first kappa shape index (κ1) is 2.82. The minimum Gasteiger partial charge on any atom is -0.326 e. The summed E-state index contributed by atoms with van der Waals surface area (Å²) >= 11 is 0. The Morgan fingerprint density at radius 2 is 2.21 bits per heavy atom. The molecule has 1 N–H and O–H groups in total. The summed E-state index contributed by atoms with van der Waals surface area (Å²) in [7, 11) is 0. The van der Waals surface area contributed by atoms with Crippen LogP contribution in [-0.4, -0.2) is 30.3 Å². The molecular formula is C16H24N2O. The molecule has 104 valence electrons. The van der Waals surface area contributed by atoms with Crippen LogP contribution in [0.5, 0.6) is 0 Å². The van der Waals surface area contributed by atoms with Crippen LogP contribution in [-0.2, 0) is 17.5 Å². The first-order valence-corrected chi connectivity index (χ1v) is 4.87. The lowest BCUT2D eigenvalue weighted by atomic mass is 10.0. The fourth-order valence-electron chi connectivity index (χ4n) is 1.28. The minimum atomic E-state index is -4.66. The molecule has 1 aliphatic heterocycles. The Morgan fingerprint density at radius 3 is 2.95 bits per heavy atom. The lowest BCUT2D eigenvalue weighted by Gasteiger charge is -2.21. The van der Waals surface area contributed by atoms with Crippen molar-refractivity contribution in [3.63, 3.8) is 0 Å². The second kappa shape index (κ2) is 6.71. The van der Waals surface area contributed by atoms with Gasteiger partial charge in [0.15, 0.2) is 0 Å². The highest BCUT2D eigenvalue weighted by molar-refractivity contribution is 5.99. The van der Waals surface area contributed by atoms with Gasteiger partial charge in [0.1, 0.15) is 0 Å². The van der Waals surface area contributed by atoms with Crippen LogP contribution in [0.1, 0.15) is 69.1 Å². The fourth-order valence-corrected chi connectivity index (χ4v) is 1.28. The van der Waals surface area contributed by atoms with Crippen molar-refractivity contribution in [2.45, 2.75) is 39.2 Å². The summed E-state index contributed by atoms with van der Waals surface area (Å²) in [6, 6.07) is -3.72. The number of rotatable bonds is 7. The van der Waals surface area contributed by atoms with Gasteiger partial charge in [0.05, 0.1) is 10.5 Å². The number of anilines is 1. The van der Waals surface area contributed by atoms with E-state index in [2.05, 4.69) is 0 Å². The first-order valence-electron chi connectivity index (χ1n) is 16.4. The van der Waals surface area contributed by atoms with E-state index in [-0.39, 0.29) is 0 Å². The molecule has 0 aromatic heterocycles. The van der Waals surface area contributed by atoms with E-state index in [1.165, 1.54) is 0 Å². The molecule has 19 heavy (non-hydrogen) atoms. The Kier molecular flexibility index (Phi) is 0.996. The molecule has 1 heterocycles. The van der Waals surface area contributed by atoms with Gasteiger partial charge in [-0.15, -0.1) is 0 Å². The molecule has 0 aliphatic carbocycles. The molecule has 0 saturated carbocycles. The number of nitrogens with one attached hydrogen (secondary N) is 1. The van der Waals surface area contributed by atoms with Crippen LogP contribution in [0.25, 0.3) is 0 Å². The van der Waals surface area contributed by atoms with Gasteiger partial charge >= 0.3 is 0 Å². The number of nitrogens with zero attached hydrogens (tertiary/aromatic N) is 1. The van der Waals surface area contributed by atoms with Gasteiger partial charge in [-0.05, 0) is 49.3 Å². The third-order valence-electron chi connectivity index (χ3n) is 1.98. The average Bonchev–Trinajstić information content (AvgIpc) is 2.98. The molecule has 0 radical (unpaired) electrons. The van der Waals surface area contributed by atoms with Crippen LogP contribution in [0, 0.1) is 0 Å². The van der Waals surface area contributed by atoms with Crippen LogP contribution in [0.15, 0.2) is 18.1 Å². The van der Waals surface area contributed by atoms with Crippen LogP contribution in [0.4, 0.5) is 5.69 Å². The zero-order valence-electron chi connectivity index (χ0n) is 32.4. The van der Waals surface area contributed by atoms with Crippen molar-refractivity contribution < 1.29 is 36.3 Å². The topological polar surface area (TPSA) is 32.3 Å². The molecule has 1 aliphatic rings. The Balaban J connectivity index is 3.18. The third kappa shape index (κ3) is 3.57. The lowest BCUT2D eigenvalue weighted by molar-refractivity contribution is -0.115. The molecule has 2 rings (SSSR count). The van der Waals surface area contributed by atoms with Crippen molar-refractivity contribution in [1.82, 2.24) is 4.90 Å². The lowest BCUT2D eigenvalue weighted by Crippen LogP contribution is -2.28.